The number of nitrogens with one attached hydrogen (secondary N) is 1. The summed E-state index contributed by atoms with van der Waals surface area (Å²) in [6, 6.07) is 7.99. The highest BCUT2D eigenvalue weighted by Gasteiger charge is 2.17. The lowest BCUT2D eigenvalue weighted by atomic mass is 10.0. The van der Waals surface area contributed by atoms with Crippen LogP contribution in [-0.2, 0) is 4.74 Å². The van der Waals surface area contributed by atoms with Crippen molar-refractivity contribution in [2.45, 2.75) is 13.0 Å². The Hall–Kier alpha value is -1.49. The second kappa shape index (κ2) is 5.87. The number of aromatic nitrogens is 2. The summed E-state index contributed by atoms with van der Waals surface area (Å²) in [5.41, 5.74) is 2.98. The lowest BCUT2D eigenvalue weighted by Gasteiger charge is -2.24. The Bertz CT molecular complexity index is 612. The zero-order chi connectivity index (χ0) is 13.9. The molecule has 20 heavy (non-hydrogen) atoms. The molecule has 0 spiro atoms. The number of ether oxygens (including phenoxy) is 1. The summed E-state index contributed by atoms with van der Waals surface area (Å²) >= 11 is 6.23. The van der Waals surface area contributed by atoms with E-state index < -0.39 is 0 Å². The fraction of sp³-hybridized carbons (Fsp3) is 0.333. The van der Waals surface area contributed by atoms with E-state index in [9.17, 15) is 0 Å². The van der Waals surface area contributed by atoms with E-state index in [4.69, 9.17) is 16.3 Å². The summed E-state index contributed by atoms with van der Waals surface area (Å²) in [4.78, 5) is 8.77. The van der Waals surface area contributed by atoms with Crippen LogP contribution in [0.15, 0.2) is 30.5 Å². The predicted octanol–water partition coefficient (Wildman–Crippen LogP) is 2.77. The van der Waals surface area contributed by atoms with Gasteiger partial charge in [-0.1, -0.05) is 11.6 Å². The first-order chi connectivity index (χ1) is 9.72. The average Bonchev–Trinajstić information content (AvgIpc) is 2.47. The van der Waals surface area contributed by atoms with Gasteiger partial charge in [0.25, 0.3) is 0 Å². The molecule has 0 saturated carbocycles. The summed E-state index contributed by atoms with van der Waals surface area (Å²) < 4.78 is 5.50. The third-order valence-corrected chi connectivity index (χ3v) is 3.52. The first kappa shape index (κ1) is 13.5. The quantitative estimate of drug-likeness (QED) is 0.923. The molecule has 1 aliphatic heterocycles. The van der Waals surface area contributed by atoms with E-state index in [2.05, 4.69) is 21.4 Å². The molecular formula is C15H16ClN3O. The van der Waals surface area contributed by atoms with Crippen LogP contribution in [0.3, 0.4) is 0 Å². The van der Waals surface area contributed by atoms with Crippen LogP contribution in [0.1, 0.15) is 17.3 Å². The minimum Gasteiger partial charge on any atom is -0.378 e. The predicted molar refractivity (Wildman–Crippen MR) is 78.8 cm³/mol. The standard InChI is InChI=1S/C15H16ClN3O/c1-10-2-3-18-15(19-10)12-6-11(7-13(16)8-12)14-9-20-5-4-17-14/h2-3,6-8,14,17H,4-5,9H2,1H3. The van der Waals surface area contributed by atoms with Crippen molar-refractivity contribution in [2.75, 3.05) is 19.8 Å². The molecule has 3 rings (SSSR count). The molecule has 1 atom stereocenters. The summed E-state index contributed by atoms with van der Waals surface area (Å²) in [7, 11) is 0. The normalized spacial score (nSPS) is 19.0. The van der Waals surface area contributed by atoms with Gasteiger partial charge < -0.3 is 10.1 Å². The SMILES string of the molecule is Cc1ccnc(-c2cc(Cl)cc(C3COCCN3)c2)n1. The van der Waals surface area contributed by atoms with E-state index in [0.717, 1.165) is 30.0 Å². The van der Waals surface area contributed by atoms with Gasteiger partial charge in [0.05, 0.1) is 19.3 Å². The van der Waals surface area contributed by atoms with Gasteiger partial charge >= 0.3 is 0 Å². The molecule has 0 aliphatic carbocycles. The summed E-state index contributed by atoms with van der Waals surface area (Å²) in [6.07, 6.45) is 1.76. The second-order valence-electron chi connectivity index (χ2n) is 4.88. The van der Waals surface area contributed by atoms with Crippen LogP contribution < -0.4 is 5.32 Å². The number of morpholine rings is 1. The summed E-state index contributed by atoms with van der Waals surface area (Å²) in [5.74, 6) is 0.700. The van der Waals surface area contributed by atoms with Gasteiger partial charge in [-0.3, -0.25) is 0 Å². The van der Waals surface area contributed by atoms with Crippen LogP contribution in [0.2, 0.25) is 5.02 Å². The number of hydrogen-bond acceptors (Lipinski definition) is 4. The monoisotopic (exact) mass is 289 g/mol. The van der Waals surface area contributed by atoms with Crippen LogP contribution in [-0.4, -0.2) is 29.7 Å². The lowest BCUT2D eigenvalue weighted by Crippen LogP contribution is -2.34. The molecule has 0 amide bonds. The number of hydrogen-bond donors (Lipinski definition) is 1. The van der Waals surface area contributed by atoms with Crippen LogP contribution >= 0.6 is 11.6 Å². The molecule has 1 N–H and O–H groups in total. The van der Waals surface area contributed by atoms with Crippen molar-refractivity contribution in [2.24, 2.45) is 0 Å². The van der Waals surface area contributed by atoms with Crippen molar-refractivity contribution in [3.8, 4) is 11.4 Å². The maximum Gasteiger partial charge on any atom is 0.159 e. The first-order valence-electron chi connectivity index (χ1n) is 6.64. The minimum atomic E-state index is 0.172. The molecule has 1 aromatic heterocycles. The van der Waals surface area contributed by atoms with E-state index in [-0.39, 0.29) is 6.04 Å². The van der Waals surface area contributed by atoms with Gasteiger partial charge in [-0.2, -0.15) is 0 Å². The lowest BCUT2D eigenvalue weighted by molar-refractivity contribution is 0.0769. The molecule has 0 bridgehead atoms. The molecule has 0 radical (unpaired) electrons. The molecule has 1 aromatic carbocycles. The van der Waals surface area contributed by atoms with Crippen molar-refractivity contribution >= 4 is 11.6 Å². The van der Waals surface area contributed by atoms with E-state index in [1.807, 2.05) is 25.1 Å². The third-order valence-electron chi connectivity index (χ3n) is 3.30. The molecule has 2 heterocycles. The van der Waals surface area contributed by atoms with Gasteiger partial charge in [0.2, 0.25) is 0 Å². The maximum atomic E-state index is 6.23. The largest absolute Gasteiger partial charge is 0.378 e. The van der Waals surface area contributed by atoms with Crippen molar-refractivity contribution in [3.63, 3.8) is 0 Å². The van der Waals surface area contributed by atoms with Gasteiger partial charge in [0.15, 0.2) is 5.82 Å². The molecule has 1 saturated heterocycles. The molecule has 5 heteroatoms. The van der Waals surface area contributed by atoms with Crippen molar-refractivity contribution in [1.82, 2.24) is 15.3 Å². The molecule has 1 aliphatic rings. The van der Waals surface area contributed by atoms with Gasteiger partial charge in [-0.15, -0.1) is 0 Å². The van der Waals surface area contributed by atoms with Gasteiger partial charge in [0, 0.05) is 29.0 Å². The Morgan fingerprint density at radius 1 is 1.35 bits per heavy atom. The van der Waals surface area contributed by atoms with E-state index in [0.29, 0.717) is 17.5 Å². The second-order valence-corrected chi connectivity index (χ2v) is 5.31. The Kier molecular flexibility index (Phi) is 3.96. The highest BCUT2D eigenvalue weighted by molar-refractivity contribution is 6.30. The fourth-order valence-electron chi connectivity index (χ4n) is 2.31. The van der Waals surface area contributed by atoms with Crippen LogP contribution in [0, 0.1) is 6.92 Å². The van der Waals surface area contributed by atoms with E-state index >= 15 is 0 Å². The zero-order valence-electron chi connectivity index (χ0n) is 11.3. The Morgan fingerprint density at radius 3 is 3.00 bits per heavy atom. The van der Waals surface area contributed by atoms with Crippen LogP contribution in [0.25, 0.3) is 11.4 Å². The van der Waals surface area contributed by atoms with Crippen molar-refractivity contribution < 1.29 is 4.74 Å². The highest BCUT2D eigenvalue weighted by atomic mass is 35.5. The molecule has 4 nitrogen and oxygen atoms in total. The molecular weight excluding hydrogens is 274 g/mol. The highest BCUT2D eigenvalue weighted by Crippen LogP contribution is 2.26. The zero-order valence-corrected chi connectivity index (χ0v) is 12.0. The number of halogens is 1. The minimum absolute atomic E-state index is 0.172. The van der Waals surface area contributed by atoms with Gasteiger partial charge in [-0.25, -0.2) is 9.97 Å². The maximum absolute atomic E-state index is 6.23. The van der Waals surface area contributed by atoms with Crippen LogP contribution in [0.4, 0.5) is 0 Å². The molecule has 1 fully saturated rings. The van der Waals surface area contributed by atoms with Crippen molar-refractivity contribution in [1.29, 1.82) is 0 Å². The van der Waals surface area contributed by atoms with Gasteiger partial charge in [-0.05, 0) is 36.8 Å². The van der Waals surface area contributed by atoms with Crippen LogP contribution in [0.5, 0.6) is 0 Å². The topological polar surface area (TPSA) is 47.0 Å². The Labute approximate surface area is 123 Å². The fourth-order valence-corrected chi connectivity index (χ4v) is 2.55. The smallest absolute Gasteiger partial charge is 0.159 e. The molecule has 2 aromatic rings. The first-order valence-corrected chi connectivity index (χ1v) is 7.02. The van der Waals surface area contributed by atoms with E-state index in [1.54, 1.807) is 6.20 Å². The number of aryl methyl sites for hydroxylation is 1. The van der Waals surface area contributed by atoms with Gasteiger partial charge in [0.1, 0.15) is 0 Å². The number of nitrogens with zero attached hydrogens (tertiary/aromatic N) is 2. The van der Waals surface area contributed by atoms with Crippen molar-refractivity contribution in [3.05, 3.63) is 46.7 Å². The summed E-state index contributed by atoms with van der Waals surface area (Å²) in [6.45, 7) is 4.22. The Morgan fingerprint density at radius 2 is 2.25 bits per heavy atom. The average molecular weight is 290 g/mol. The van der Waals surface area contributed by atoms with E-state index in [1.165, 1.54) is 0 Å². The molecule has 1 unspecified atom stereocenters. The third kappa shape index (κ3) is 2.98. The molecule has 104 valence electrons. The number of benzene rings is 1. The number of rotatable bonds is 2. The summed E-state index contributed by atoms with van der Waals surface area (Å²) in [5, 5.41) is 4.12. The Balaban J connectivity index is 1.97.